The molecule has 24 heavy (non-hydrogen) atoms. The summed E-state index contributed by atoms with van der Waals surface area (Å²) in [5.41, 5.74) is 0. The van der Waals surface area contributed by atoms with Crippen molar-refractivity contribution in [1.29, 1.82) is 0 Å². The summed E-state index contributed by atoms with van der Waals surface area (Å²) in [5, 5.41) is 0. The van der Waals surface area contributed by atoms with E-state index in [0.29, 0.717) is 12.3 Å². The molecule has 0 saturated heterocycles. The second kappa shape index (κ2) is 6.78. The summed E-state index contributed by atoms with van der Waals surface area (Å²) in [6, 6.07) is 11.9. The molecule has 6 nitrogen and oxygen atoms in total. The Bertz CT molecular complexity index is 783. The quantitative estimate of drug-likeness (QED) is 0.768. The Morgan fingerprint density at radius 3 is 2.46 bits per heavy atom. The Morgan fingerprint density at radius 2 is 1.88 bits per heavy atom. The zero-order valence-electron chi connectivity index (χ0n) is 13.5. The van der Waals surface area contributed by atoms with Gasteiger partial charge in [0.25, 0.3) is 0 Å². The van der Waals surface area contributed by atoms with Gasteiger partial charge in [-0.05, 0) is 37.1 Å². The molecular formula is C17H20N2O4S. The summed E-state index contributed by atoms with van der Waals surface area (Å²) >= 11 is 0. The number of likely N-dealkylation sites (N-methyl/N-ethyl adjacent to an activating group) is 1. The first-order chi connectivity index (χ1) is 11.5. The zero-order valence-corrected chi connectivity index (χ0v) is 14.3. The molecule has 3 rings (SSSR count). The van der Waals surface area contributed by atoms with Gasteiger partial charge in [-0.25, -0.2) is 8.42 Å². The molecule has 0 radical (unpaired) electrons. The number of carbonyl (C=O) groups is 1. The fraction of sp³-hybridized carbons (Fsp3) is 0.353. The molecule has 0 N–H and O–H groups in total. The Balaban J connectivity index is 1.70. The van der Waals surface area contributed by atoms with Gasteiger partial charge in [0.05, 0.1) is 24.2 Å². The van der Waals surface area contributed by atoms with Crippen molar-refractivity contribution in [2.45, 2.75) is 30.3 Å². The van der Waals surface area contributed by atoms with E-state index in [1.54, 1.807) is 35.4 Å². The van der Waals surface area contributed by atoms with Crippen LogP contribution in [0, 0.1) is 0 Å². The summed E-state index contributed by atoms with van der Waals surface area (Å²) in [6.45, 7) is 0.185. The lowest BCUT2D eigenvalue weighted by Crippen LogP contribution is -2.41. The summed E-state index contributed by atoms with van der Waals surface area (Å²) < 4.78 is 31.5. The van der Waals surface area contributed by atoms with Crippen molar-refractivity contribution in [3.63, 3.8) is 0 Å². The topological polar surface area (TPSA) is 70.8 Å². The van der Waals surface area contributed by atoms with Crippen molar-refractivity contribution in [2.24, 2.45) is 0 Å². The smallest absolute Gasteiger partial charge is 0.243 e. The third kappa shape index (κ3) is 3.68. The highest BCUT2D eigenvalue weighted by Crippen LogP contribution is 2.29. The highest BCUT2D eigenvalue weighted by atomic mass is 32.2. The van der Waals surface area contributed by atoms with E-state index in [9.17, 15) is 13.2 Å². The van der Waals surface area contributed by atoms with Crippen molar-refractivity contribution in [3.8, 4) is 0 Å². The Morgan fingerprint density at radius 1 is 1.17 bits per heavy atom. The van der Waals surface area contributed by atoms with Crippen molar-refractivity contribution in [3.05, 3.63) is 54.5 Å². The van der Waals surface area contributed by atoms with Crippen LogP contribution in [-0.2, 0) is 21.4 Å². The van der Waals surface area contributed by atoms with Crippen molar-refractivity contribution in [1.82, 2.24) is 9.21 Å². The molecule has 1 fully saturated rings. The van der Waals surface area contributed by atoms with Crippen LogP contribution in [0.4, 0.5) is 0 Å². The molecule has 2 aromatic rings. The van der Waals surface area contributed by atoms with E-state index in [0.717, 1.165) is 17.1 Å². The minimum absolute atomic E-state index is 0.176. The van der Waals surface area contributed by atoms with E-state index < -0.39 is 10.0 Å². The van der Waals surface area contributed by atoms with Crippen LogP contribution in [0.25, 0.3) is 0 Å². The zero-order chi connectivity index (χ0) is 17.2. The van der Waals surface area contributed by atoms with Gasteiger partial charge in [-0.3, -0.25) is 4.79 Å². The van der Waals surface area contributed by atoms with Crippen LogP contribution in [0.3, 0.4) is 0 Å². The molecule has 128 valence electrons. The SMILES string of the molecule is CN(CC(=O)N(Cc1ccco1)C1CC1)S(=O)(=O)c1ccccc1. The molecule has 0 unspecified atom stereocenters. The van der Waals surface area contributed by atoms with Gasteiger partial charge < -0.3 is 9.32 Å². The largest absolute Gasteiger partial charge is 0.467 e. The third-order valence-corrected chi connectivity index (χ3v) is 5.84. The number of sulfonamides is 1. The normalized spacial score (nSPS) is 14.8. The van der Waals surface area contributed by atoms with Gasteiger partial charge in [0.2, 0.25) is 15.9 Å². The lowest BCUT2D eigenvalue weighted by atomic mass is 10.3. The molecule has 0 spiro atoms. The minimum Gasteiger partial charge on any atom is -0.467 e. The molecular weight excluding hydrogens is 328 g/mol. The maximum absolute atomic E-state index is 12.6. The van der Waals surface area contributed by atoms with Crippen LogP contribution >= 0.6 is 0 Å². The molecule has 1 amide bonds. The lowest BCUT2D eigenvalue weighted by molar-refractivity contribution is -0.132. The average Bonchev–Trinajstić information content (AvgIpc) is 3.29. The van der Waals surface area contributed by atoms with Gasteiger partial charge >= 0.3 is 0 Å². The van der Waals surface area contributed by atoms with Crippen molar-refractivity contribution < 1.29 is 17.6 Å². The summed E-state index contributed by atoms with van der Waals surface area (Å²) in [5.74, 6) is 0.486. The second-order valence-electron chi connectivity index (χ2n) is 5.91. The Hall–Kier alpha value is -2.12. The highest BCUT2D eigenvalue weighted by Gasteiger charge is 2.34. The van der Waals surface area contributed by atoms with Crippen LogP contribution in [-0.4, -0.2) is 43.2 Å². The average molecular weight is 348 g/mol. The first-order valence-electron chi connectivity index (χ1n) is 7.82. The van der Waals surface area contributed by atoms with Gasteiger partial charge in [-0.15, -0.1) is 0 Å². The first kappa shape index (κ1) is 16.7. The molecule has 0 bridgehead atoms. The number of rotatable bonds is 7. The number of carbonyl (C=O) groups excluding carboxylic acids is 1. The monoisotopic (exact) mass is 348 g/mol. The molecule has 0 aliphatic heterocycles. The molecule has 1 saturated carbocycles. The van der Waals surface area contributed by atoms with E-state index in [4.69, 9.17) is 4.42 Å². The number of furan rings is 1. The first-order valence-corrected chi connectivity index (χ1v) is 9.26. The highest BCUT2D eigenvalue weighted by molar-refractivity contribution is 7.89. The predicted octanol–water partition coefficient (Wildman–Crippen LogP) is 2.09. The molecule has 1 aliphatic rings. The minimum atomic E-state index is -3.67. The van der Waals surface area contributed by atoms with Gasteiger partial charge in [0.1, 0.15) is 5.76 Å². The Labute approximate surface area is 141 Å². The maximum atomic E-state index is 12.6. The van der Waals surface area contributed by atoms with E-state index in [2.05, 4.69) is 0 Å². The molecule has 1 aromatic carbocycles. The fourth-order valence-electron chi connectivity index (χ4n) is 2.52. The summed E-state index contributed by atoms with van der Waals surface area (Å²) in [4.78, 5) is 14.5. The number of nitrogens with zero attached hydrogens (tertiary/aromatic N) is 2. The second-order valence-corrected chi connectivity index (χ2v) is 7.95. The third-order valence-electron chi connectivity index (χ3n) is 4.02. The van der Waals surface area contributed by atoms with Gasteiger partial charge in [-0.2, -0.15) is 4.31 Å². The van der Waals surface area contributed by atoms with Crippen LogP contribution in [0.5, 0.6) is 0 Å². The number of benzene rings is 1. The fourth-order valence-corrected chi connectivity index (χ4v) is 3.66. The van der Waals surface area contributed by atoms with E-state index in [-0.39, 0.29) is 23.4 Å². The number of hydrogen-bond donors (Lipinski definition) is 0. The molecule has 1 aromatic heterocycles. The maximum Gasteiger partial charge on any atom is 0.243 e. The van der Waals surface area contributed by atoms with E-state index in [1.165, 1.54) is 19.2 Å². The molecule has 1 heterocycles. The summed E-state index contributed by atoms with van der Waals surface area (Å²) in [6.07, 6.45) is 3.46. The van der Waals surface area contributed by atoms with Crippen molar-refractivity contribution in [2.75, 3.05) is 13.6 Å². The Kier molecular flexibility index (Phi) is 4.73. The van der Waals surface area contributed by atoms with Crippen molar-refractivity contribution >= 4 is 15.9 Å². The van der Waals surface area contributed by atoms with E-state index in [1.807, 2.05) is 6.07 Å². The molecule has 0 atom stereocenters. The van der Waals surface area contributed by atoms with Gasteiger partial charge in [0, 0.05) is 13.1 Å². The van der Waals surface area contributed by atoms with Gasteiger partial charge in [0.15, 0.2) is 0 Å². The number of hydrogen-bond acceptors (Lipinski definition) is 4. The van der Waals surface area contributed by atoms with Crippen LogP contribution in [0.15, 0.2) is 58.0 Å². The van der Waals surface area contributed by atoms with Crippen LogP contribution in [0.2, 0.25) is 0 Å². The summed E-state index contributed by atoms with van der Waals surface area (Å²) in [7, 11) is -2.24. The lowest BCUT2D eigenvalue weighted by Gasteiger charge is -2.24. The van der Waals surface area contributed by atoms with Gasteiger partial charge in [-0.1, -0.05) is 18.2 Å². The van der Waals surface area contributed by atoms with Crippen LogP contribution < -0.4 is 0 Å². The number of amides is 1. The van der Waals surface area contributed by atoms with Crippen LogP contribution in [0.1, 0.15) is 18.6 Å². The molecule has 1 aliphatic carbocycles. The molecule has 7 heteroatoms. The predicted molar refractivity (Wildman–Crippen MR) is 88.5 cm³/mol. The van der Waals surface area contributed by atoms with E-state index >= 15 is 0 Å². The standard InChI is InChI=1S/C17H20N2O4S/c1-18(24(21,22)16-7-3-2-4-8-16)13-17(20)19(14-9-10-14)12-15-6-5-11-23-15/h2-8,11,14H,9-10,12-13H2,1H3.